The number of hydrogen-bond donors (Lipinski definition) is 0. The van der Waals surface area contributed by atoms with Crippen molar-refractivity contribution in [3.05, 3.63) is 65.2 Å². The first-order chi connectivity index (χ1) is 12.0. The second-order valence-electron chi connectivity index (χ2n) is 5.28. The Kier molecular flexibility index (Phi) is 7.48. The average Bonchev–Trinajstić information content (AvgIpc) is 2.62. The SMILES string of the molecule is C#CC(CCc1ccccc1)OCCOS(=O)(=O)c1ccc(Cl)cc1. The molecule has 0 aromatic heterocycles. The number of ether oxygens (including phenoxy) is 1. The van der Waals surface area contributed by atoms with Crippen molar-refractivity contribution in [2.45, 2.75) is 23.8 Å². The number of rotatable bonds is 9. The van der Waals surface area contributed by atoms with Crippen molar-refractivity contribution in [3.63, 3.8) is 0 Å². The molecule has 0 saturated heterocycles. The summed E-state index contributed by atoms with van der Waals surface area (Å²) in [5.74, 6) is 2.57. The zero-order valence-electron chi connectivity index (χ0n) is 13.6. The van der Waals surface area contributed by atoms with Gasteiger partial charge in [-0.1, -0.05) is 47.9 Å². The molecule has 0 spiro atoms. The van der Waals surface area contributed by atoms with Crippen LogP contribution in [0, 0.1) is 12.3 Å². The lowest BCUT2D eigenvalue weighted by atomic mass is 10.1. The van der Waals surface area contributed by atoms with Gasteiger partial charge in [-0.2, -0.15) is 8.42 Å². The largest absolute Gasteiger partial charge is 0.363 e. The molecule has 0 aliphatic carbocycles. The number of terminal acetylenes is 1. The van der Waals surface area contributed by atoms with Crippen LogP contribution in [0.5, 0.6) is 0 Å². The van der Waals surface area contributed by atoms with Crippen LogP contribution in [0.3, 0.4) is 0 Å². The number of aryl methyl sites for hydroxylation is 1. The molecule has 0 saturated carbocycles. The quantitative estimate of drug-likeness (QED) is 0.379. The molecule has 1 unspecified atom stereocenters. The van der Waals surface area contributed by atoms with E-state index in [4.69, 9.17) is 26.9 Å². The fourth-order valence-corrected chi connectivity index (χ4v) is 3.18. The molecule has 0 bridgehead atoms. The number of benzene rings is 2. The molecule has 0 aliphatic rings. The fourth-order valence-electron chi connectivity index (χ4n) is 2.16. The lowest BCUT2D eigenvalue weighted by molar-refractivity contribution is 0.0630. The second kappa shape index (κ2) is 9.59. The Bertz CT molecular complexity index is 796. The van der Waals surface area contributed by atoms with E-state index in [-0.39, 0.29) is 24.2 Å². The van der Waals surface area contributed by atoms with Gasteiger partial charge in [-0.3, -0.25) is 4.18 Å². The molecule has 25 heavy (non-hydrogen) atoms. The molecule has 0 fully saturated rings. The zero-order valence-corrected chi connectivity index (χ0v) is 15.2. The zero-order chi connectivity index (χ0) is 18.1. The molecule has 1 atom stereocenters. The molecule has 132 valence electrons. The standard InChI is InChI=1S/C19H19ClO4S/c1-2-18(11-8-16-6-4-3-5-7-16)23-14-15-24-25(21,22)19-12-9-17(20)10-13-19/h1,3-7,9-10,12-13,18H,8,11,14-15H2. The molecule has 2 aromatic rings. The maximum Gasteiger partial charge on any atom is 0.297 e. The molecular weight excluding hydrogens is 360 g/mol. The van der Waals surface area contributed by atoms with Gasteiger partial charge in [0.25, 0.3) is 10.1 Å². The van der Waals surface area contributed by atoms with Gasteiger partial charge >= 0.3 is 0 Å². The summed E-state index contributed by atoms with van der Waals surface area (Å²) in [7, 11) is -3.83. The molecule has 0 heterocycles. The topological polar surface area (TPSA) is 52.6 Å². The molecular formula is C19H19ClO4S. The van der Waals surface area contributed by atoms with Crippen molar-refractivity contribution in [2.24, 2.45) is 0 Å². The Morgan fingerprint density at radius 3 is 2.36 bits per heavy atom. The van der Waals surface area contributed by atoms with Crippen LogP contribution in [-0.4, -0.2) is 27.7 Å². The Labute approximate surface area is 153 Å². The normalized spacial score (nSPS) is 12.5. The highest BCUT2D eigenvalue weighted by Crippen LogP contribution is 2.16. The summed E-state index contributed by atoms with van der Waals surface area (Å²) >= 11 is 5.74. The predicted molar refractivity (Wildman–Crippen MR) is 97.9 cm³/mol. The van der Waals surface area contributed by atoms with Crippen LogP contribution in [0.2, 0.25) is 5.02 Å². The summed E-state index contributed by atoms with van der Waals surface area (Å²) in [6.45, 7) is -0.00898. The van der Waals surface area contributed by atoms with Crippen molar-refractivity contribution < 1.29 is 17.3 Å². The molecule has 0 amide bonds. The van der Waals surface area contributed by atoms with Gasteiger partial charge in [-0.05, 0) is 42.7 Å². The Balaban J connectivity index is 1.75. The van der Waals surface area contributed by atoms with Crippen LogP contribution in [0.15, 0.2) is 59.5 Å². The smallest absolute Gasteiger partial charge is 0.297 e. The van der Waals surface area contributed by atoms with E-state index >= 15 is 0 Å². The summed E-state index contributed by atoms with van der Waals surface area (Å²) in [5, 5.41) is 0.456. The van der Waals surface area contributed by atoms with Crippen molar-refractivity contribution in [1.29, 1.82) is 0 Å². The van der Waals surface area contributed by atoms with E-state index < -0.39 is 10.1 Å². The van der Waals surface area contributed by atoms with Crippen LogP contribution >= 0.6 is 11.6 Å². The molecule has 2 rings (SSSR count). The summed E-state index contributed by atoms with van der Waals surface area (Å²) in [6.07, 6.45) is 6.53. The Hall–Kier alpha value is -1.84. The summed E-state index contributed by atoms with van der Waals surface area (Å²) in [6, 6.07) is 15.7. The highest BCUT2D eigenvalue weighted by molar-refractivity contribution is 7.86. The third-order valence-electron chi connectivity index (χ3n) is 3.47. The minimum absolute atomic E-state index is 0.0504. The van der Waals surface area contributed by atoms with Gasteiger partial charge in [0.1, 0.15) is 6.10 Å². The van der Waals surface area contributed by atoms with E-state index in [1.54, 1.807) is 0 Å². The minimum atomic E-state index is -3.83. The maximum atomic E-state index is 12.0. The lowest BCUT2D eigenvalue weighted by Gasteiger charge is -2.12. The first-order valence-electron chi connectivity index (χ1n) is 7.78. The third-order valence-corrected chi connectivity index (χ3v) is 5.05. The van der Waals surface area contributed by atoms with E-state index in [0.717, 1.165) is 6.42 Å². The van der Waals surface area contributed by atoms with Gasteiger partial charge in [0.2, 0.25) is 0 Å². The lowest BCUT2D eigenvalue weighted by Crippen LogP contribution is -2.17. The second-order valence-corrected chi connectivity index (χ2v) is 7.33. The van der Waals surface area contributed by atoms with Gasteiger partial charge in [0.05, 0.1) is 18.1 Å². The summed E-state index contributed by atoms with van der Waals surface area (Å²) < 4.78 is 34.5. The number of halogens is 1. The highest BCUT2D eigenvalue weighted by atomic mass is 35.5. The van der Waals surface area contributed by atoms with E-state index in [0.29, 0.717) is 11.4 Å². The average molecular weight is 379 g/mol. The Morgan fingerprint density at radius 2 is 1.72 bits per heavy atom. The van der Waals surface area contributed by atoms with E-state index in [2.05, 4.69) is 5.92 Å². The van der Waals surface area contributed by atoms with E-state index in [9.17, 15) is 8.42 Å². The van der Waals surface area contributed by atoms with Crippen LogP contribution in [0.4, 0.5) is 0 Å². The first kappa shape index (κ1) is 19.5. The fraction of sp³-hybridized carbons (Fsp3) is 0.263. The number of hydrogen-bond acceptors (Lipinski definition) is 4. The van der Waals surface area contributed by atoms with Gasteiger partial charge in [-0.25, -0.2) is 0 Å². The van der Waals surface area contributed by atoms with Gasteiger partial charge in [0, 0.05) is 5.02 Å². The molecule has 0 N–H and O–H groups in total. The van der Waals surface area contributed by atoms with E-state index in [1.165, 1.54) is 29.8 Å². The molecule has 2 aromatic carbocycles. The predicted octanol–water partition coefficient (Wildman–Crippen LogP) is 3.70. The van der Waals surface area contributed by atoms with Gasteiger partial charge in [0.15, 0.2) is 0 Å². The van der Waals surface area contributed by atoms with Crippen molar-refractivity contribution >= 4 is 21.7 Å². The van der Waals surface area contributed by atoms with Gasteiger partial charge in [-0.15, -0.1) is 6.42 Å². The Morgan fingerprint density at radius 1 is 1.04 bits per heavy atom. The van der Waals surface area contributed by atoms with Crippen molar-refractivity contribution in [2.75, 3.05) is 13.2 Å². The summed E-state index contributed by atoms with van der Waals surface area (Å²) in [5.41, 5.74) is 1.17. The molecule has 0 radical (unpaired) electrons. The minimum Gasteiger partial charge on any atom is -0.363 e. The van der Waals surface area contributed by atoms with Crippen LogP contribution in [0.1, 0.15) is 12.0 Å². The maximum absolute atomic E-state index is 12.0. The van der Waals surface area contributed by atoms with Crippen LogP contribution < -0.4 is 0 Å². The molecule has 4 nitrogen and oxygen atoms in total. The van der Waals surface area contributed by atoms with Crippen molar-refractivity contribution in [1.82, 2.24) is 0 Å². The first-order valence-corrected chi connectivity index (χ1v) is 9.56. The molecule has 6 heteroatoms. The van der Waals surface area contributed by atoms with Crippen molar-refractivity contribution in [3.8, 4) is 12.3 Å². The van der Waals surface area contributed by atoms with Crippen LogP contribution in [-0.2, 0) is 25.5 Å². The summed E-state index contributed by atoms with van der Waals surface area (Å²) in [4.78, 5) is 0.0504. The highest BCUT2D eigenvalue weighted by Gasteiger charge is 2.15. The van der Waals surface area contributed by atoms with E-state index in [1.807, 2.05) is 30.3 Å². The van der Waals surface area contributed by atoms with Gasteiger partial charge < -0.3 is 4.74 Å². The van der Waals surface area contributed by atoms with Crippen LogP contribution in [0.25, 0.3) is 0 Å². The monoisotopic (exact) mass is 378 g/mol. The third kappa shape index (κ3) is 6.52. The molecule has 0 aliphatic heterocycles.